The second kappa shape index (κ2) is 5.50. The molecule has 1 aliphatic carbocycles. The van der Waals surface area contributed by atoms with Gasteiger partial charge in [0.25, 0.3) is 0 Å². The van der Waals surface area contributed by atoms with Crippen LogP contribution in [0.4, 0.5) is 0 Å². The molecule has 1 aromatic heterocycles. The van der Waals surface area contributed by atoms with Crippen LogP contribution in [0.5, 0.6) is 0 Å². The van der Waals surface area contributed by atoms with Gasteiger partial charge in [0, 0.05) is 27.3 Å². The van der Waals surface area contributed by atoms with Crippen molar-refractivity contribution in [1.82, 2.24) is 0 Å². The molecule has 0 N–H and O–H groups in total. The zero-order valence-corrected chi connectivity index (χ0v) is 16.1. The third-order valence-corrected chi connectivity index (χ3v) is 6.45. The Bertz CT molecular complexity index is 1350. The van der Waals surface area contributed by atoms with E-state index in [4.69, 9.17) is 16.0 Å². The Morgan fingerprint density at radius 2 is 1.32 bits per heavy atom. The average molecular weight is 381 g/mol. The van der Waals surface area contributed by atoms with Crippen molar-refractivity contribution in [2.45, 2.75) is 12.3 Å². The molecule has 0 atom stereocenters. The summed E-state index contributed by atoms with van der Waals surface area (Å²) in [7, 11) is 0. The van der Waals surface area contributed by atoms with Crippen LogP contribution in [0.3, 0.4) is 0 Å². The molecule has 1 nitrogen and oxygen atoms in total. The summed E-state index contributed by atoms with van der Waals surface area (Å²) in [5, 5.41) is 2.97. The lowest BCUT2D eigenvalue weighted by Gasteiger charge is -2.29. The molecule has 0 unspecified atom stereocenters. The van der Waals surface area contributed by atoms with E-state index in [0.29, 0.717) is 5.02 Å². The topological polar surface area (TPSA) is 13.1 Å². The summed E-state index contributed by atoms with van der Waals surface area (Å²) < 4.78 is 6.17. The lowest BCUT2D eigenvalue weighted by atomic mass is 9.73. The Kier molecular flexibility index (Phi) is 3.14. The van der Waals surface area contributed by atoms with Crippen LogP contribution < -0.4 is 0 Å². The summed E-state index contributed by atoms with van der Waals surface area (Å²) in [6, 6.07) is 29.8. The summed E-state index contributed by atoms with van der Waals surface area (Å²) in [4.78, 5) is 0. The van der Waals surface area contributed by atoms with Gasteiger partial charge in [0.15, 0.2) is 0 Å². The fourth-order valence-corrected chi connectivity index (χ4v) is 5.12. The molecular weight excluding hydrogens is 364 g/mol. The molecule has 0 bridgehead atoms. The van der Waals surface area contributed by atoms with E-state index < -0.39 is 0 Å². The minimum atomic E-state index is -0.247. The van der Waals surface area contributed by atoms with Gasteiger partial charge in [-0.25, -0.2) is 0 Å². The Morgan fingerprint density at radius 3 is 2.04 bits per heavy atom. The average Bonchev–Trinajstić information content (AvgIpc) is 3.22. The van der Waals surface area contributed by atoms with E-state index in [-0.39, 0.29) is 5.41 Å². The number of hydrogen-bond donors (Lipinski definition) is 0. The van der Waals surface area contributed by atoms with E-state index in [1.54, 1.807) is 0 Å². The molecule has 5 aromatic rings. The summed E-state index contributed by atoms with van der Waals surface area (Å²) >= 11 is 6.21. The van der Waals surface area contributed by atoms with Crippen molar-refractivity contribution >= 4 is 33.5 Å². The SMILES string of the molecule is CC1(c2cccc3oc4cc(Cl)ccc4c23)c2ccccc2-c2ccccc21. The number of halogens is 1. The molecule has 1 aliphatic rings. The van der Waals surface area contributed by atoms with Gasteiger partial charge in [0.2, 0.25) is 0 Å². The molecule has 134 valence electrons. The second-order valence-electron chi connectivity index (χ2n) is 7.64. The van der Waals surface area contributed by atoms with Crippen LogP contribution in [0.2, 0.25) is 5.02 Å². The fourth-order valence-electron chi connectivity index (χ4n) is 4.96. The fraction of sp³-hybridized carbons (Fsp3) is 0.0769. The Balaban J connectivity index is 1.78. The highest BCUT2D eigenvalue weighted by molar-refractivity contribution is 6.31. The summed E-state index contributed by atoms with van der Waals surface area (Å²) in [5.41, 5.74) is 8.06. The van der Waals surface area contributed by atoms with Gasteiger partial charge >= 0.3 is 0 Å². The van der Waals surface area contributed by atoms with Gasteiger partial charge in [0.05, 0.1) is 0 Å². The van der Waals surface area contributed by atoms with E-state index in [0.717, 1.165) is 16.6 Å². The van der Waals surface area contributed by atoms with E-state index in [1.807, 2.05) is 18.2 Å². The zero-order valence-electron chi connectivity index (χ0n) is 15.4. The second-order valence-corrected chi connectivity index (χ2v) is 8.07. The van der Waals surface area contributed by atoms with Crippen molar-refractivity contribution in [3.8, 4) is 11.1 Å². The predicted octanol–water partition coefficient (Wildman–Crippen LogP) is 7.57. The highest BCUT2D eigenvalue weighted by Crippen LogP contribution is 2.54. The minimum absolute atomic E-state index is 0.247. The van der Waals surface area contributed by atoms with E-state index in [1.165, 1.54) is 33.2 Å². The van der Waals surface area contributed by atoms with Crippen LogP contribution in [0.25, 0.3) is 33.1 Å². The first-order valence-electron chi connectivity index (χ1n) is 9.48. The molecule has 0 fully saturated rings. The van der Waals surface area contributed by atoms with Crippen LogP contribution in [-0.4, -0.2) is 0 Å². The summed E-state index contributed by atoms with van der Waals surface area (Å²) in [6.07, 6.45) is 0. The molecule has 0 amide bonds. The van der Waals surface area contributed by atoms with Crippen LogP contribution >= 0.6 is 11.6 Å². The third kappa shape index (κ3) is 1.92. The van der Waals surface area contributed by atoms with Crippen molar-refractivity contribution < 1.29 is 4.42 Å². The third-order valence-electron chi connectivity index (χ3n) is 6.22. The van der Waals surface area contributed by atoms with E-state index in [9.17, 15) is 0 Å². The first-order valence-corrected chi connectivity index (χ1v) is 9.86. The van der Waals surface area contributed by atoms with Gasteiger partial charge in [-0.15, -0.1) is 0 Å². The summed E-state index contributed by atoms with van der Waals surface area (Å²) in [6.45, 7) is 2.33. The van der Waals surface area contributed by atoms with Crippen molar-refractivity contribution in [1.29, 1.82) is 0 Å². The number of benzene rings is 4. The smallest absolute Gasteiger partial charge is 0.136 e. The van der Waals surface area contributed by atoms with E-state index >= 15 is 0 Å². The minimum Gasteiger partial charge on any atom is -0.456 e. The maximum Gasteiger partial charge on any atom is 0.136 e. The first-order chi connectivity index (χ1) is 13.7. The highest BCUT2D eigenvalue weighted by Gasteiger charge is 2.41. The van der Waals surface area contributed by atoms with Crippen molar-refractivity contribution in [2.75, 3.05) is 0 Å². The van der Waals surface area contributed by atoms with Gasteiger partial charge in [-0.3, -0.25) is 0 Å². The molecule has 1 heterocycles. The van der Waals surface area contributed by atoms with Crippen LogP contribution in [0.1, 0.15) is 23.6 Å². The molecular formula is C26H17ClO. The Labute approximate surface area is 168 Å². The molecule has 28 heavy (non-hydrogen) atoms. The molecule has 2 heteroatoms. The maximum atomic E-state index is 6.21. The van der Waals surface area contributed by atoms with Gasteiger partial charge in [0.1, 0.15) is 11.2 Å². The van der Waals surface area contributed by atoms with Gasteiger partial charge in [-0.1, -0.05) is 72.3 Å². The largest absolute Gasteiger partial charge is 0.456 e. The predicted molar refractivity (Wildman–Crippen MR) is 116 cm³/mol. The number of hydrogen-bond acceptors (Lipinski definition) is 1. The Hall–Kier alpha value is -3.03. The van der Waals surface area contributed by atoms with Crippen LogP contribution in [0, 0.1) is 0 Å². The number of fused-ring (bicyclic) bond motifs is 6. The molecule has 0 radical (unpaired) electrons. The molecule has 6 rings (SSSR count). The first kappa shape index (κ1) is 16.0. The molecule has 0 saturated carbocycles. The lowest BCUT2D eigenvalue weighted by molar-refractivity contribution is 0.666. The van der Waals surface area contributed by atoms with Crippen LogP contribution in [-0.2, 0) is 5.41 Å². The van der Waals surface area contributed by atoms with Crippen molar-refractivity contribution in [3.63, 3.8) is 0 Å². The van der Waals surface area contributed by atoms with Crippen molar-refractivity contribution in [3.05, 3.63) is 107 Å². The number of rotatable bonds is 1. The highest BCUT2D eigenvalue weighted by atomic mass is 35.5. The molecule has 0 aliphatic heterocycles. The zero-order chi connectivity index (χ0) is 18.9. The molecule has 0 saturated heterocycles. The Morgan fingerprint density at radius 1 is 0.679 bits per heavy atom. The van der Waals surface area contributed by atoms with Gasteiger partial charge in [-0.05, 0) is 52.9 Å². The standard InChI is InChI=1S/C26H17ClO/c1-26(20-9-4-2-7-17(20)18-8-3-5-10-21(18)26)22-11-6-12-23-25(22)19-14-13-16(27)15-24(19)28-23/h2-15H,1H3. The maximum absolute atomic E-state index is 6.21. The number of furan rings is 1. The normalized spacial score (nSPS) is 14.4. The lowest BCUT2D eigenvalue weighted by Crippen LogP contribution is -2.22. The summed E-state index contributed by atoms with van der Waals surface area (Å²) in [5.74, 6) is 0. The molecule has 0 spiro atoms. The van der Waals surface area contributed by atoms with Gasteiger partial charge < -0.3 is 4.42 Å². The van der Waals surface area contributed by atoms with Crippen molar-refractivity contribution in [2.24, 2.45) is 0 Å². The van der Waals surface area contributed by atoms with E-state index in [2.05, 4.69) is 73.7 Å². The molecule has 4 aromatic carbocycles. The quantitative estimate of drug-likeness (QED) is 0.292. The van der Waals surface area contributed by atoms with Crippen LogP contribution in [0.15, 0.2) is 89.3 Å². The monoisotopic (exact) mass is 380 g/mol. The van der Waals surface area contributed by atoms with Gasteiger partial charge in [-0.2, -0.15) is 0 Å².